The quantitative estimate of drug-likeness (QED) is 0.139. The number of hydrogen-bond acceptors (Lipinski definition) is 8. The molecular weight excluding hydrogens is 622 g/mol. The van der Waals surface area contributed by atoms with Crippen LogP contribution in [-0.2, 0) is 64.4 Å². The molecule has 1 heterocycles. The minimum absolute atomic E-state index is 0.0486. The normalized spacial score (nSPS) is 18.4. The molecule has 0 saturated carbocycles. The van der Waals surface area contributed by atoms with Gasteiger partial charge in [0.2, 0.25) is 11.7 Å². The van der Waals surface area contributed by atoms with Crippen molar-refractivity contribution >= 4 is 11.9 Å². The maximum atomic E-state index is 13.0. The zero-order valence-electron chi connectivity index (χ0n) is 27.8. The van der Waals surface area contributed by atoms with E-state index in [9.17, 15) is 9.59 Å². The monoisotopic (exact) mass is 665 g/mol. The smallest absolute Gasteiger partial charge is 0.373 e. The van der Waals surface area contributed by atoms with Gasteiger partial charge < -0.3 is 33.7 Å². The number of ether oxygens (including phenoxy) is 6. The fraction of sp³-hybridized carbons (Fsp3) is 0.300. The van der Waals surface area contributed by atoms with Crippen molar-refractivity contribution in [2.45, 2.75) is 63.8 Å². The number of methoxy groups -OCH3 is 1. The molecule has 0 bridgehead atoms. The first kappa shape index (κ1) is 35.5. The predicted molar refractivity (Wildman–Crippen MR) is 184 cm³/mol. The van der Waals surface area contributed by atoms with Gasteiger partial charge in [-0.25, -0.2) is 4.79 Å². The molecule has 9 nitrogen and oxygen atoms in total. The second kappa shape index (κ2) is 18.7. The molecule has 1 amide bonds. The number of benzene rings is 4. The molecule has 4 aromatic rings. The summed E-state index contributed by atoms with van der Waals surface area (Å²) >= 11 is 0. The number of carbonyl (C=O) groups excluding carboxylic acids is 2. The van der Waals surface area contributed by atoms with Crippen molar-refractivity contribution in [1.82, 2.24) is 5.32 Å². The van der Waals surface area contributed by atoms with E-state index >= 15 is 0 Å². The summed E-state index contributed by atoms with van der Waals surface area (Å²) in [5, 5.41) is 3.02. The summed E-state index contributed by atoms with van der Waals surface area (Å²) < 4.78 is 37.4. The molecule has 0 saturated heterocycles. The van der Waals surface area contributed by atoms with Gasteiger partial charge >= 0.3 is 5.97 Å². The van der Waals surface area contributed by atoms with Crippen molar-refractivity contribution in [3.05, 3.63) is 155 Å². The van der Waals surface area contributed by atoms with Gasteiger partial charge in [-0.1, -0.05) is 121 Å². The molecule has 0 spiro atoms. The first-order valence-electron chi connectivity index (χ1n) is 16.3. The van der Waals surface area contributed by atoms with Crippen LogP contribution in [0.3, 0.4) is 0 Å². The third kappa shape index (κ3) is 10.9. The summed E-state index contributed by atoms with van der Waals surface area (Å²) in [7, 11) is 1.29. The second-order valence-electron chi connectivity index (χ2n) is 11.7. The first-order chi connectivity index (χ1) is 24.0. The number of carbonyl (C=O) groups is 2. The summed E-state index contributed by atoms with van der Waals surface area (Å²) in [4.78, 5) is 25.7. The van der Waals surface area contributed by atoms with Crippen molar-refractivity contribution in [1.29, 1.82) is 0 Å². The Morgan fingerprint density at radius 3 is 1.69 bits per heavy atom. The Balaban J connectivity index is 1.50. The Kier molecular flexibility index (Phi) is 13.5. The van der Waals surface area contributed by atoms with Gasteiger partial charge in [-0.2, -0.15) is 0 Å². The Hall–Kier alpha value is -4.80. The standard InChI is InChI=1S/C40H43NO8/c1-29(42)41-37-34(46-25-31-17-9-4-10-18-31)23-35(40(43)44-2)49-39(37)38(48-27-33-21-13-6-14-22-33)36(47-26-32-19-11-5-12-20-32)28-45-24-30-15-7-3-8-16-30/h3-23,34,36-39H,24-28H2,1-2H3,(H,41,42)/t34-,36+,37+,38+,39?/m0/s1. The van der Waals surface area contributed by atoms with E-state index in [1.54, 1.807) is 6.08 Å². The molecular formula is C40H43NO8. The molecule has 0 fully saturated rings. The van der Waals surface area contributed by atoms with Crippen molar-refractivity contribution in [3.63, 3.8) is 0 Å². The number of esters is 1. The number of hydrogen-bond donors (Lipinski definition) is 1. The Morgan fingerprint density at radius 1 is 0.694 bits per heavy atom. The van der Waals surface area contributed by atoms with Crippen LogP contribution < -0.4 is 5.32 Å². The molecule has 4 aromatic carbocycles. The maximum absolute atomic E-state index is 13.0. The van der Waals surface area contributed by atoms with Crippen molar-refractivity contribution in [3.8, 4) is 0 Å². The highest BCUT2D eigenvalue weighted by atomic mass is 16.6. The topological polar surface area (TPSA) is 102 Å². The number of nitrogens with one attached hydrogen (secondary N) is 1. The van der Waals surface area contributed by atoms with Crippen LogP contribution in [0.15, 0.2) is 133 Å². The molecule has 0 aliphatic carbocycles. The summed E-state index contributed by atoms with van der Waals surface area (Å²) in [6.07, 6.45) is -1.74. The molecule has 5 rings (SSSR count). The highest BCUT2D eigenvalue weighted by Crippen LogP contribution is 2.29. The van der Waals surface area contributed by atoms with Crippen LogP contribution in [0.25, 0.3) is 0 Å². The van der Waals surface area contributed by atoms with Crippen molar-refractivity contribution < 1.29 is 38.0 Å². The van der Waals surface area contributed by atoms with E-state index in [-0.39, 0.29) is 38.1 Å². The van der Waals surface area contributed by atoms with Crippen LogP contribution in [0.4, 0.5) is 0 Å². The predicted octanol–water partition coefficient (Wildman–Crippen LogP) is 5.92. The maximum Gasteiger partial charge on any atom is 0.373 e. The molecule has 49 heavy (non-hydrogen) atoms. The highest BCUT2D eigenvalue weighted by molar-refractivity contribution is 5.86. The lowest BCUT2D eigenvalue weighted by Gasteiger charge is -2.42. The van der Waals surface area contributed by atoms with Crippen LogP contribution in [0.5, 0.6) is 0 Å². The van der Waals surface area contributed by atoms with Crippen molar-refractivity contribution in [2.24, 2.45) is 0 Å². The lowest BCUT2D eigenvalue weighted by atomic mass is 9.93. The second-order valence-corrected chi connectivity index (χ2v) is 11.7. The summed E-state index contributed by atoms with van der Waals surface area (Å²) in [5.74, 6) is -1.03. The van der Waals surface area contributed by atoms with Gasteiger partial charge in [0.05, 0.1) is 46.2 Å². The lowest BCUT2D eigenvalue weighted by Crippen LogP contribution is -2.61. The molecule has 1 aliphatic rings. The number of amides is 1. The van der Waals surface area contributed by atoms with Gasteiger partial charge in [0.1, 0.15) is 18.3 Å². The van der Waals surface area contributed by atoms with Crippen molar-refractivity contribution in [2.75, 3.05) is 13.7 Å². The van der Waals surface area contributed by atoms with Gasteiger partial charge in [0.25, 0.3) is 0 Å². The molecule has 9 heteroatoms. The van der Waals surface area contributed by atoms with E-state index in [4.69, 9.17) is 28.4 Å². The molecule has 1 aliphatic heterocycles. The minimum atomic E-state index is -0.950. The highest BCUT2D eigenvalue weighted by Gasteiger charge is 2.46. The molecule has 1 unspecified atom stereocenters. The Morgan fingerprint density at radius 2 is 1.18 bits per heavy atom. The van der Waals surface area contributed by atoms with E-state index in [1.807, 2.05) is 121 Å². The minimum Gasteiger partial charge on any atom is -0.478 e. The third-order valence-corrected chi connectivity index (χ3v) is 8.00. The van der Waals surface area contributed by atoms with E-state index < -0.39 is 36.4 Å². The Bertz CT molecular complexity index is 1600. The third-order valence-electron chi connectivity index (χ3n) is 8.00. The van der Waals surface area contributed by atoms with Crippen LogP contribution in [-0.4, -0.2) is 56.1 Å². The zero-order chi connectivity index (χ0) is 34.3. The average Bonchev–Trinajstić information content (AvgIpc) is 3.14. The first-order valence-corrected chi connectivity index (χ1v) is 16.3. The summed E-state index contributed by atoms with van der Waals surface area (Å²) in [6, 6.07) is 38.2. The SMILES string of the molecule is COC(=O)C1=C[C@H](OCc2ccccc2)[C@@H](NC(C)=O)C([C@H](OCc2ccccc2)[C@@H](COCc2ccccc2)OCc2ccccc2)O1. The Labute approximate surface area is 287 Å². The fourth-order valence-corrected chi connectivity index (χ4v) is 5.57. The van der Waals surface area contributed by atoms with Gasteiger partial charge in [0.15, 0.2) is 6.10 Å². The zero-order valence-corrected chi connectivity index (χ0v) is 27.8. The molecule has 0 aromatic heterocycles. The van der Waals surface area contributed by atoms with Gasteiger partial charge in [0, 0.05) is 6.92 Å². The summed E-state index contributed by atoms with van der Waals surface area (Å²) in [5.41, 5.74) is 3.81. The van der Waals surface area contributed by atoms with Gasteiger partial charge in [-0.15, -0.1) is 0 Å². The van der Waals surface area contributed by atoms with Crippen LogP contribution in [0.1, 0.15) is 29.2 Å². The van der Waals surface area contributed by atoms with Gasteiger partial charge in [-0.05, 0) is 28.3 Å². The van der Waals surface area contributed by atoms with Crippen LogP contribution in [0, 0.1) is 0 Å². The van der Waals surface area contributed by atoms with E-state index in [0.717, 1.165) is 22.3 Å². The fourth-order valence-electron chi connectivity index (χ4n) is 5.57. The van der Waals surface area contributed by atoms with Crippen LogP contribution in [0.2, 0.25) is 0 Å². The van der Waals surface area contributed by atoms with Gasteiger partial charge in [-0.3, -0.25) is 4.79 Å². The largest absolute Gasteiger partial charge is 0.478 e. The van der Waals surface area contributed by atoms with E-state index in [1.165, 1.54) is 14.0 Å². The molecule has 1 N–H and O–H groups in total. The lowest BCUT2D eigenvalue weighted by molar-refractivity contribution is -0.181. The molecule has 256 valence electrons. The van der Waals surface area contributed by atoms with E-state index in [0.29, 0.717) is 6.61 Å². The van der Waals surface area contributed by atoms with Crippen LogP contribution >= 0.6 is 0 Å². The van der Waals surface area contributed by atoms with E-state index in [2.05, 4.69) is 5.32 Å². The molecule has 0 radical (unpaired) electrons. The summed E-state index contributed by atoms with van der Waals surface area (Å²) in [6.45, 7) is 2.58. The average molecular weight is 666 g/mol. The molecule has 5 atom stereocenters. The number of rotatable bonds is 17.